The molecule has 0 aromatic carbocycles. The average molecular weight is 66.1 g/mol. The number of nitriles is 1. The maximum Gasteiger partial charge on any atom is 0.0914 e. The van der Waals surface area contributed by atoms with E-state index in [9.17, 15) is 0 Å². The highest BCUT2D eigenvalue weighted by molar-refractivity contribution is 4.95. The van der Waals surface area contributed by atoms with E-state index in [4.69, 9.17) is 5.26 Å². The molecule has 0 aromatic heterocycles. The van der Waals surface area contributed by atoms with Gasteiger partial charge in [0.05, 0.1) is 6.07 Å². The Kier molecular flexibility index (Phi) is 2.73. The summed E-state index contributed by atoms with van der Waals surface area (Å²) in [6.07, 6.45) is 3.84. The summed E-state index contributed by atoms with van der Waals surface area (Å²) in [6, 6.07) is 1.78. The van der Waals surface area contributed by atoms with Crippen molar-refractivity contribution < 1.29 is 0 Å². The van der Waals surface area contributed by atoms with E-state index >= 15 is 0 Å². The van der Waals surface area contributed by atoms with Gasteiger partial charge in [0.2, 0.25) is 0 Å². The third-order valence-corrected chi connectivity index (χ3v) is 0.209. The molecule has 0 unspecified atom stereocenters. The second-order valence-corrected chi connectivity index (χ2v) is 0.562. The lowest BCUT2D eigenvalue weighted by atomic mass is 10.6. The van der Waals surface area contributed by atoms with Crippen molar-refractivity contribution in [3.8, 4) is 6.07 Å². The molecule has 1 radical (unpaired) electrons. The highest BCUT2D eigenvalue weighted by atomic mass is 14.2. The van der Waals surface area contributed by atoms with Crippen molar-refractivity contribution in [1.29, 1.82) is 5.26 Å². The number of hydrogen-bond donors (Lipinski definition) is 0. The second kappa shape index (κ2) is 3.23. The third kappa shape index (κ3) is 3.23. The van der Waals surface area contributed by atoms with Crippen LogP contribution in [0.3, 0.4) is 0 Å². The van der Waals surface area contributed by atoms with Gasteiger partial charge in [-0.3, -0.25) is 0 Å². The molecule has 1 nitrogen and oxygen atoms in total. The first kappa shape index (κ1) is 4.23. The van der Waals surface area contributed by atoms with Gasteiger partial charge in [-0.2, -0.15) is 5.26 Å². The van der Waals surface area contributed by atoms with E-state index in [1.165, 1.54) is 6.08 Å². The summed E-state index contributed by atoms with van der Waals surface area (Å²) >= 11 is 0. The number of hydrogen-bond acceptors (Lipinski definition) is 1. The van der Waals surface area contributed by atoms with Crippen LogP contribution in [0, 0.1) is 17.4 Å². The molecule has 0 saturated heterocycles. The van der Waals surface area contributed by atoms with Gasteiger partial charge in [-0.15, -0.1) is 0 Å². The first-order valence-electron chi connectivity index (χ1n) is 1.30. The van der Waals surface area contributed by atoms with Crippen LogP contribution in [0.25, 0.3) is 0 Å². The van der Waals surface area contributed by atoms with Crippen LogP contribution in [0.2, 0.25) is 0 Å². The van der Waals surface area contributed by atoms with E-state index < -0.39 is 0 Å². The summed E-state index contributed by atoms with van der Waals surface area (Å²) in [5.74, 6) is 0. The van der Waals surface area contributed by atoms with Crippen molar-refractivity contribution in [1.82, 2.24) is 0 Å². The smallest absolute Gasteiger partial charge is 0.0914 e. The van der Waals surface area contributed by atoms with Gasteiger partial charge < -0.3 is 0 Å². The first-order valence-corrected chi connectivity index (χ1v) is 1.30. The lowest BCUT2D eigenvalue weighted by molar-refractivity contribution is 1.52. The molecule has 5 heavy (non-hydrogen) atoms. The van der Waals surface area contributed by atoms with Crippen LogP contribution in [0.5, 0.6) is 0 Å². The molecule has 0 saturated carbocycles. The fourth-order valence-corrected chi connectivity index (χ4v) is 0.0645. The minimum absolute atomic E-state index is 1.31. The molecular formula is C4H4N. The van der Waals surface area contributed by atoms with Crippen LogP contribution in [-0.4, -0.2) is 0 Å². The standard InChI is InChI=1S/C4H4N/c1-2-3-4-5/h3H,1H3. The Labute approximate surface area is 31.5 Å². The quantitative estimate of drug-likeness (QED) is 0.385. The molecule has 0 rings (SSSR count). The molecule has 0 atom stereocenters. The first-order chi connectivity index (χ1) is 2.41. The number of nitrogens with zero attached hydrogens (tertiary/aromatic N) is 1. The van der Waals surface area contributed by atoms with Crippen LogP contribution >= 0.6 is 0 Å². The lowest BCUT2D eigenvalue weighted by Crippen LogP contribution is -1.37. The highest BCUT2D eigenvalue weighted by Crippen LogP contribution is 1.56. The van der Waals surface area contributed by atoms with Crippen molar-refractivity contribution in [3.05, 3.63) is 12.2 Å². The molecular weight excluding hydrogens is 62.1 g/mol. The zero-order valence-corrected chi connectivity index (χ0v) is 3.02. The fraction of sp³-hybridized carbons (Fsp3) is 0.250. The average Bonchev–Trinajstić information content (AvgIpc) is 1.41. The summed E-state index contributed by atoms with van der Waals surface area (Å²) in [5, 5.41) is 7.70. The molecule has 0 N–H and O–H groups in total. The minimum atomic E-state index is 1.31. The monoisotopic (exact) mass is 66.0 g/mol. The maximum absolute atomic E-state index is 7.70. The van der Waals surface area contributed by atoms with E-state index in [2.05, 4.69) is 6.08 Å². The van der Waals surface area contributed by atoms with Crippen molar-refractivity contribution in [2.75, 3.05) is 0 Å². The Balaban J connectivity index is 3.04. The summed E-state index contributed by atoms with van der Waals surface area (Å²) in [5.41, 5.74) is 0. The predicted octanol–water partition coefficient (Wildman–Crippen LogP) is 0.889. The van der Waals surface area contributed by atoms with E-state index in [1.807, 2.05) is 0 Å². The van der Waals surface area contributed by atoms with Crippen LogP contribution in [0.15, 0.2) is 6.08 Å². The SMILES string of the molecule is C/[C]=C\C#N. The Morgan fingerprint density at radius 3 is 2.40 bits per heavy atom. The molecule has 0 aliphatic heterocycles. The minimum Gasteiger partial charge on any atom is -0.193 e. The largest absolute Gasteiger partial charge is 0.193 e. The zero-order chi connectivity index (χ0) is 4.12. The van der Waals surface area contributed by atoms with Gasteiger partial charge in [-0.25, -0.2) is 0 Å². The predicted molar refractivity (Wildman–Crippen MR) is 19.1 cm³/mol. The topological polar surface area (TPSA) is 23.8 Å². The fourth-order valence-electron chi connectivity index (χ4n) is 0.0645. The molecule has 0 spiro atoms. The van der Waals surface area contributed by atoms with Gasteiger partial charge in [0.25, 0.3) is 0 Å². The Morgan fingerprint density at radius 1 is 1.80 bits per heavy atom. The van der Waals surface area contributed by atoms with Gasteiger partial charge in [0.15, 0.2) is 0 Å². The number of allylic oxidation sites excluding steroid dienone is 2. The highest BCUT2D eigenvalue weighted by Gasteiger charge is 1.47. The van der Waals surface area contributed by atoms with Gasteiger partial charge in [0, 0.05) is 6.08 Å². The molecule has 1 heteroatoms. The zero-order valence-electron chi connectivity index (χ0n) is 3.02. The molecule has 0 aromatic rings. The summed E-state index contributed by atoms with van der Waals surface area (Å²) in [6.45, 7) is 1.68. The van der Waals surface area contributed by atoms with Crippen LogP contribution in [0.1, 0.15) is 6.92 Å². The summed E-state index contributed by atoms with van der Waals surface area (Å²) in [4.78, 5) is 0. The van der Waals surface area contributed by atoms with Gasteiger partial charge in [-0.05, 0) is 13.0 Å². The van der Waals surface area contributed by atoms with Crippen molar-refractivity contribution in [2.45, 2.75) is 6.92 Å². The normalized spacial score (nSPS) is 8.00. The molecule has 0 aliphatic carbocycles. The maximum atomic E-state index is 7.70. The molecule has 0 bridgehead atoms. The number of rotatable bonds is 0. The molecule has 0 amide bonds. The Hall–Kier alpha value is -0.770. The molecule has 0 heterocycles. The second-order valence-electron chi connectivity index (χ2n) is 0.562. The van der Waals surface area contributed by atoms with Gasteiger partial charge in [-0.1, -0.05) is 0 Å². The van der Waals surface area contributed by atoms with Gasteiger partial charge >= 0.3 is 0 Å². The van der Waals surface area contributed by atoms with Crippen molar-refractivity contribution >= 4 is 0 Å². The van der Waals surface area contributed by atoms with E-state index in [1.54, 1.807) is 13.0 Å². The Morgan fingerprint density at radius 2 is 2.40 bits per heavy atom. The Bertz CT molecular complexity index is 66.2. The molecule has 0 fully saturated rings. The van der Waals surface area contributed by atoms with Crippen LogP contribution in [0.4, 0.5) is 0 Å². The lowest BCUT2D eigenvalue weighted by Gasteiger charge is -1.46. The van der Waals surface area contributed by atoms with E-state index in [0.717, 1.165) is 0 Å². The summed E-state index contributed by atoms with van der Waals surface area (Å²) < 4.78 is 0. The summed E-state index contributed by atoms with van der Waals surface area (Å²) in [7, 11) is 0. The third-order valence-electron chi connectivity index (χ3n) is 0.209. The van der Waals surface area contributed by atoms with E-state index in [0.29, 0.717) is 0 Å². The van der Waals surface area contributed by atoms with Gasteiger partial charge in [0.1, 0.15) is 0 Å². The van der Waals surface area contributed by atoms with E-state index in [-0.39, 0.29) is 0 Å². The van der Waals surface area contributed by atoms with Crippen molar-refractivity contribution in [2.24, 2.45) is 0 Å². The van der Waals surface area contributed by atoms with Crippen LogP contribution < -0.4 is 0 Å². The molecule has 0 aliphatic rings. The van der Waals surface area contributed by atoms with Crippen LogP contribution in [-0.2, 0) is 0 Å². The van der Waals surface area contributed by atoms with Crippen molar-refractivity contribution in [3.63, 3.8) is 0 Å². The molecule has 25 valence electrons.